The molecule has 4 rings (SSSR count). The lowest BCUT2D eigenvalue weighted by molar-refractivity contribution is 0.373. The molecule has 144 valence electrons. The molecule has 0 saturated heterocycles. The highest BCUT2D eigenvalue weighted by Crippen LogP contribution is 2.40. The highest BCUT2D eigenvalue weighted by atomic mass is 32.2. The predicted molar refractivity (Wildman–Crippen MR) is 93.2 cm³/mol. The molecule has 3 aromatic rings. The Bertz CT molecular complexity index is 1080. The molecule has 1 aliphatic carbocycles. The maximum atomic E-state index is 12.7. The fraction of sp³-hybridized carbons (Fsp3) is 0.500. The number of nitrogens with one attached hydrogen (secondary N) is 1. The summed E-state index contributed by atoms with van der Waals surface area (Å²) in [5.74, 6) is 1.66. The summed E-state index contributed by atoms with van der Waals surface area (Å²) in [6.45, 7) is 5.77. The standard InChI is InChI=1S/C16H20N6O4S/c1-4-22-10(3)15(9(2)19-22)27(23,24)17-8-14-18-16(21-26-14)12-7-13(25-20-12)11-5-6-11/h7,11,17H,4-6,8H2,1-3H3. The Hall–Kier alpha value is -2.53. The van der Waals surface area contributed by atoms with Gasteiger partial charge in [-0.05, 0) is 33.6 Å². The molecule has 10 nitrogen and oxygen atoms in total. The molecule has 0 bridgehead atoms. The molecule has 0 aliphatic heterocycles. The maximum Gasteiger partial charge on any atom is 0.244 e. The zero-order valence-electron chi connectivity index (χ0n) is 15.3. The lowest BCUT2D eigenvalue weighted by Crippen LogP contribution is -2.24. The van der Waals surface area contributed by atoms with Crippen molar-refractivity contribution in [3.05, 3.63) is 29.1 Å². The van der Waals surface area contributed by atoms with E-state index >= 15 is 0 Å². The Labute approximate surface area is 156 Å². The van der Waals surface area contributed by atoms with Crippen molar-refractivity contribution in [2.75, 3.05) is 0 Å². The third kappa shape index (κ3) is 3.39. The zero-order valence-corrected chi connectivity index (χ0v) is 16.1. The molecule has 0 aromatic carbocycles. The first-order chi connectivity index (χ1) is 12.9. The third-order valence-corrected chi connectivity index (χ3v) is 6.15. The quantitative estimate of drug-likeness (QED) is 0.645. The van der Waals surface area contributed by atoms with Crippen molar-refractivity contribution < 1.29 is 17.5 Å². The van der Waals surface area contributed by atoms with Gasteiger partial charge in [-0.25, -0.2) is 13.1 Å². The Morgan fingerprint density at radius 1 is 1.26 bits per heavy atom. The number of aryl methyl sites for hydroxylation is 2. The van der Waals surface area contributed by atoms with E-state index in [1.54, 1.807) is 24.6 Å². The highest BCUT2D eigenvalue weighted by Gasteiger charge is 2.29. The second-order valence-corrected chi connectivity index (χ2v) is 8.24. The van der Waals surface area contributed by atoms with Crippen LogP contribution in [0.5, 0.6) is 0 Å². The minimum atomic E-state index is -3.76. The van der Waals surface area contributed by atoms with E-state index in [0.717, 1.165) is 18.6 Å². The van der Waals surface area contributed by atoms with Gasteiger partial charge in [0, 0.05) is 18.5 Å². The Morgan fingerprint density at radius 3 is 2.70 bits per heavy atom. The van der Waals surface area contributed by atoms with Gasteiger partial charge < -0.3 is 9.05 Å². The predicted octanol–water partition coefficient (Wildman–Crippen LogP) is 1.91. The number of hydrogen-bond donors (Lipinski definition) is 1. The van der Waals surface area contributed by atoms with E-state index in [0.29, 0.717) is 29.5 Å². The van der Waals surface area contributed by atoms with Gasteiger partial charge in [0.1, 0.15) is 10.7 Å². The Balaban J connectivity index is 1.48. The Kier molecular flexibility index (Phi) is 4.35. The normalized spacial score (nSPS) is 14.8. The van der Waals surface area contributed by atoms with Crippen molar-refractivity contribution in [2.24, 2.45) is 0 Å². The van der Waals surface area contributed by atoms with Crippen LogP contribution in [0.4, 0.5) is 0 Å². The van der Waals surface area contributed by atoms with Crippen molar-refractivity contribution in [1.29, 1.82) is 0 Å². The summed E-state index contributed by atoms with van der Waals surface area (Å²) in [6.07, 6.45) is 2.20. The zero-order chi connectivity index (χ0) is 19.2. The van der Waals surface area contributed by atoms with Crippen LogP contribution < -0.4 is 4.72 Å². The molecule has 1 saturated carbocycles. The molecule has 0 radical (unpaired) electrons. The Morgan fingerprint density at radius 2 is 2.04 bits per heavy atom. The monoisotopic (exact) mass is 392 g/mol. The SMILES string of the molecule is CCn1nc(C)c(S(=O)(=O)NCc2nc(-c3cc(C4CC4)on3)no2)c1C. The van der Waals surface area contributed by atoms with E-state index in [2.05, 4.69) is 25.1 Å². The van der Waals surface area contributed by atoms with Crippen LogP contribution in [-0.4, -0.2) is 33.5 Å². The minimum absolute atomic E-state index is 0.126. The van der Waals surface area contributed by atoms with E-state index in [4.69, 9.17) is 9.05 Å². The van der Waals surface area contributed by atoms with Gasteiger partial charge in [0.05, 0.1) is 17.9 Å². The van der Waals surface area contributed by atoms with E-state index in [9.17, 15) is 8.42 Å². The highest BCUT2D eigenvalue weighted by molar-refractivity contribution is 7.89. The van der Waals surface area contributed by atoms with E-state index in [1.807, 2.05) is 6.92 Å². The van der Waals surface area contributed by atoms with E-state index in [1.165, 1.54) is 0 Å². The summed E-state index contributed by atoms with van der Waals surface area (Å²) in [5, 5.41) is 12.0. The van der Waals surface area contributed by atoms with Crippen LogP contribution in [0.25, 0.3) is 11.5 Å². The number of rotatable bonds is 7. The molecule has 0 spiro atoms. The largest absolute Gasteiger partial charge is 0.360 e. The first kappa shape index (κ1) is 17.9. The molecule has 3 heterocycles. The lowest BCUT2D eigenvalue weighted by Gasteiger charge is -2.05. The van der Waals surface area contributed by atoms with Gasteiger partial charge in [0.15, 0.2) is 5.69 Å². The van der Waals surface area contributed by atoms with Crippen LogP contribution in [0.1, 0.15) is 48.7 Å². The van der Waals surface area contributed by atoms with Crippen molar-refractivity contribution >= 4 is 10.0 Å². The summed E-state index contributed by atoms with van der Waals surface area (Å²) in [4.78, 5) is 4.36. The van der Waals surface area contributed by atoms with Crippen molar-refractivity contribution in [1.82, 2.24) is 29.8 Å². The number of hydrogen-bond acceptors (Lipinski definition) is 8. The molecule has 1 aliphatic rings. The third-order valence-electron chi connectivity index (χ3n) is 4.50. The van der Waals surface area contributed by atoms with Crippen LogP contribution >= 0.6 is 0 Å². The van der Waals surface area contributed by atoms with Gasteiger partial charge in [0.25, 0.3) is 0 Å². The number of aromatic nitrogens is 5. The van der Waals surface area contributed by atoms with Crippen LogP contribution in [0.2, 0.25) is 0 Å². The first-order valence-corrected chi connectivity index (χ1v) is 10.2. The summed E-state index contributed by atoms with van der Waals surface area (Å²) >= 11 is 0. The summed E-state index contributed by atoms with van der Waals surface area (Å²) in [6, 6.07) is 1.79. The summed E-state index contributed by atoms with van der Waals surface area (Å²) in [7, 11) is -3.76. The van der Waals surface area contributed by atoms with Gasteiger partial charge in [0.2, 0.25) is 21.7 Å². The molecular formula is C16H20N6O4S. The fourth-order valence-corrected chi connectivity index (χ4v) is 4.37. The molecule has 0 unspecified atom stereocenters. The van der Waals surface area contributed by atoms with Crippen LogP contribution in [0, 0.1) is 13.8 Å². The van der Waals surface area contributed by atoms with Gasteiger partial charge in [-0.15, -0.1) is 0 Å². The van der Waals surface area contributed by atoms with Crippen LogP contribution in [0.3, 0.4) is 0 Å². The van der Waals surface area contributed by atoms with E-state index < -0.39 is 10.0 Å². The van der Waals surface area contributed by atoms with Crippen molar-refractivity contribution in [3.8, 4) is 11.5 Å². The lowest BCUT2D eigenvalue weighted by atomic mass is 10.3. The first-order valence-electron chi connectivity index (χ1n) is 8.72. The van der Waals surface area contributed by atoms with Gasteiger partial charge >= 0.3 is 0 Å². The van der Waals surface area contributed by atoms with Crippen LogP contribution in [0.15, 0.2) is 20.0 Å². The molecule has 1 N–H and O–H groups in total. The smallest absolute Gasteiger partial charge is 0.244 e. The molecule has 0 atom stereocenters. The minimum Gasteiger partial charge on any atom is -0.360 e. The van der Waals surface area contributed by atoms with E-state index in [-0.39, 0.29) is 23.2 Å². The molecular weight excluding hydrogens is 372 g/mol. The maximum absolute atomic E-state index is 12.7. The second-order valence-electron chi connectivity index (χ2n) is 6.54. The van der Waals surface area contributed by atoms with Gasteiger partial charge in [-0.2, -0.15) is 10.1 Å². The summed E-state index contributed by atoms with van der Waals surface area (Å²) in [5.41, 5.74) is 1.51. The fourth-order valence-electron chi connectivity index (χ4n) is 2.99. The molecule has 3 aromatic heterocycles. The number of nitrogens with zero attached hydrogens (tertiary/aromatic N) is 5. The molecule has 1 fully saturated rings. The number of sulfonamides is 1. The van der Waals surface area contributed by atoms with Gasteiger partial charge in [-0.1, -0.05) is 10.3 Å². The van der Waals surface area contributed by atoms with Gasteiger partial charge in [-0.3, -0.25) is 4.68 Å². The van der Waals surface area contributed by atoms with Crippen molar-refractivity contribution in [3.63, 3.8) is 0 Å². The van der Waals surface area contributed by atoms with Crippen LogP contribution in [-0.2, 0) is 23.1 Å². The second kappa shape index (κ2) is 6.57. The topological polar surface area (TPSA) is 129 Å². The average Bonchev–Trinajstić information content (AvgIpc) is 3.06. The molecule has 0 amide bonds. The molecule has 27 heavy (non-hydrogen) atoms. The molecule has 11 heteroatoms. The average molecular weight is 392 g/mol. The summed E-state index contributed by atoms with van der Waals surface area (Å²) < 4.78 is 39.9. The van der Waals surface area contributed by atoms with Crippen molar-refractivity contribution in [2.45, 2.75) is 57.5 Å².